The van der Waals surface area contributed by atoms with Crippen LogP contribution in [0.5, 0.6) is 0 Å². The molecule has 40 heavy (non-hydrogen) atoms. The molecule has 10 heteroatoms. The highest BCUT2D eigenvalue weighted by Gasteiger charge is 2.28. The minimum atomic E-state index is -1.88. The minimum absolute atomic E-state index is 0.0172. The van der Waals surface area contributed by atoms with E-state index in [9.17, 15) is 6.63 Å². The van der Waals surface area contributed by atoms with Crippen molar-refractivity contribution in [3.8, 4) is 6.07 Å². The van der Waals surface area contributed by atoms with Crippen molar-refractivity contribution in [3.05, 3.63) is 107 Å². The quantitative estimate of drug-likeness (QED) is 0.190. The first kappa shape index (κ1) is 24.5. The van der Waals surface area contributed by atoms with E-state index in [0.717, 1.165) is 24.8 Å². The van der Waals surface area contributed by atoms with E-state index in [1.807, 2.05) is 30.3 Å². The maximum absolute atomic E-state index is 15.1. The summed E-state index contributed by atoms with van der Waals surface area (Å²) in [6.45, 7) is 2.06. The van der Waals surface area contributed by atoms with Crippen molar-refractivity contribution in [2.45, 2.75) is 44.3 Å². The zero-order valence-corrected chi connectivity index (χ0v) is 22.4. The second kappa shape index (κ2) is 10.9. The van der Waals surface area contributed by atoms with Gasteiger partial charge in [0.05, 0.1) is 41.4 Å². The lowest BCUT2D eigenvalue weighted by Crippen LogP contribution is -2.15. The van der Waals surface area contributed by atoms with Gasteiger partial charge in [0.1, 0.15) is 17.8 Å². The zero-order chi connectivity index (χ0) is 28.6. The average Bonchev–Trinajstić information content (AvgIpc) is 3.71. The lowest BCUT2D eigenvalue weighted by atomic mass is 10.0. The SMILES string of the molecule is [2H]C(Nc1cc(Cl)c2ncc(C#N)c(N[C@H](CC)c3ccccc3)c2c1)(c1cn(C2CC2)nn1)c1cccnc1F. The van der Waals surface area contributed by atoms with Gasteiger partial charge in [0, 0.05) is 29.0 Å². The lowest BCUT2D eigenvalue weighted by Gasteiger charge is -2.22. The molecule has 1 fully saturated rings. The zero-order valence-electron chi connectivity index (χ0n) is 22.6. The molecular weight excluding hydrogens is 527 g/mol. The van der Waals surface area contributed by atoms with Crippen LogP contribution in [-0.4, -0.2) is 25.0 Å². The molecule has 2 atom stereocenters. The van der Waals surface area contributed by atoms with E-state index >= 15 is 4.39 Å². The Morgan fingerprint density at radius 2 is 2.00 bits per heavy atom. The van der Waals surface area contributed by atoms with Crippen LogP contribution in [0.25, 0.3) is 10.9 Å². The van der Waals surface area contributed by atoms with Gasteiger partial charge in [-0.2, -0.15) is 9.65 Å². The Bertz CT molecular complexity index is 1770. The fraction of sp³-hybridized carbons (Fsp3) is 0.233. The smallest absolute Gasteiger partial charge is 0.218 e. The first-order valence-corrected chi connectivity index (χ1v) is 13.4. The summed E-state index contributed by atoms with van der Waals surface area (Å²) in [5.74, 6) is -0.799. The van der Waals surface area contributed by atoms with Crippen LogP contribution in [0.15, 0.2) is 73.2 Å². The first-order chi connectivity index (χ1) is 19.9. The van der Waals surface area contributed by atoms with E-state index in [1.54, 1.807) is 29.1 Å². The molecule has 1 aliphatic carbocycles. The van der Waals surface area contributed by atoms with Crippen molar-refractivity contribution in [1.29, 1.82) is 5.26 Å². The molecule has 5 aromatic rings. The molecule has 8 nitrogen and oxygen atoms in total. The predicted octanol–water partition coefficient (Wildman–Crippen LogP) is 6.99. The third-order valence-electron chi connectivity index (χ3n) is 6.96. The molecule has 2 aromatic carbocycles. The Balaban J connectivity index is 1.47. The summed E-state index contributed by atoms with van der Waals surface area (Å²) >= 11 is 6.73. The Labute approximate surface area is 237 Å². The highest BCUT2D eigenvalue weighted by atomic mass is 35.5. The number of nitrogens with one attached hydrogen (secondary N) is 2. The van der Waals surface area contributed by atoms with Gasteiger partial charge in [0.25, 0.3) is 0 Å². The second-order valence-corrected chi connectivity index (χ2v) is 10.1. The Hall–Kier alpha value is -4.55. The third kappa shape index (κ3) is 5.06. The molecule has 200 valence electrons. The second-order valence-electron chi connectivity index (χ2n) is 9.69. The van der Waals surface area contributed by atoms with Gasteiger partial charge in [0.2, 0.25) is 5.95 Å². The Morgan fingerprint density at radius 1 is 1.18 bits per heavy atom. The molecule has 0 radical (unpaired) electrons. The maximum atomic E-state index is 15.1. The van der Waals surface area contributed by atoms with Crippen LogP contribution in [0.2, 0.25) is 5.02 Å². The average molecular weight is 554 g/mol. The molecule has 6 rings (SSSR count). The summed E-state index contributed by atoms with van der Waals surface area (Å²) in [6, 6.07) is 16.9. The van der Waals surface area contributed by atoms with Crippen LogP contribution in [0, 0.1) is 17.3 Å². The van der Waals surface area contributed by atoms with Gasteiger partial charge >= 0.3 is 0 Å². The van der Waals surface area contributed by atoms with Crippen molar-refractivity contribution >= 4 is 33.9 Å². The van der Waals surface area contributed by atoms with E-state index in [-0.39, 0.29) is 23.3 Å². The van der Waals surface area contributed by atoms with Crippen LogP contribution in [0.3, 0.4) is 0 Å². The van der Waals surface area contributed by atoms with Gasteiger partial charge in [-0.1, -0.05) is 60.1 Å². The third-order valence-corrected chi connectivity index (χ3v) is 7.25. The van der Waals surface area contributed by atoms with E-state index in [0.29, 0.717) is 32.9 Å². The van der Waals surface area contributed by atoms with Gasteiger partial charge in [-0.3, -0.25) is 4.98 Å². The van der Waals surface area contributed by atoms with Gasteiger partial charge in [-0.25, -0.2) is 9.67 Å². The van der Waals surface area contributed by atoms with E-state index in [2.05, 4.69) is 43.9 Å². The summed E-state index contributed by atoms with van der Waals surface area (Å²) in [4.78, 5) is 8.23. The molecule has 0 saturated heterocycles. The number of pyridine rings is 2. The molecule has 1 aliphatic rings. The number of hydrogen-bond donors (Lipinski definition) is 2. The van der Waals surface area contributed by atoms with E-state index in [4.69, 9.17) is 11.6 Å². The van der Waals surface area contributed by atoms with Crippen LogP contribution in [0.4, 0.5) is 15.8 Å². The molecule has 2 N–H and O–H groups in total. The highest BCUT2D eigenvalue weighted by molar-refractivity contribution is 6.35. The van der Waals surface area contributed by atoms with Crippen molar-refractivity contribution in [2.75, 3.05) is 10.6 Å². The van der Waals surface area contributed by atoms with Crippen LogP contribution in [0.1, 0.15) is 68.0 Å². The standard InChI is InChI=1S/C30H26ClFN8/c1-2-25(18-7-4-3-5-8-18)37-27-19(15-33)16-35-28-23(27)13-20(14-24(28)31)36-29(22-9-6-12-34-30(22)32)26-17-40(39-38-26)21-10-11-21/h3-9,12-14,16-17,21,25,29,36H,2,10-11H2,1H3,(H,35,37)/t25-,29?/m1/s1/i29D. The van der Waals surface area contributed by atoms with Crippen LogP contribution >= 0.6 is 11.6 Å². The molecule has 1 saturated carbocycles. The van der Waals surface area contributed by atoms with Crippen LogP contribution in [-0.2, 0) is 0 Å². The number of nitriles is 1. The van der Waals surface area contributed by atoms with Crippen molar-refractivity contribution in [3.63, 3.8) is 0 Å². The first-order valence-electron chi connectivity index (χ1n) is 13.6. The number of aromatic nitrogens is 5. The lowest BCUT2D eigenvalue weighted by molar-refractivity contribution is 0.560. The molecule has 3 heterocycles. The fourth-order valence-electron chi connectivity index (χ4n) is 4.75. The summed E-state index contributed by atoms with van der Waals surface area (Å²) < 4.78 is 26.3. The van der Waals surface area contributed by atoms with E-state index < -0.39 is 12.0 Å². The Kier molecular flexibility index (Phi) is 6.68. The van der Waals surface area contributed by atoms with Crippen LogP contribution < -0.4 is 10.6 Å². The van der Waals surface area contributed by atoms with Crippen molar-refractivity contribution < 1.29 is 5.76 Å². The number of halogens is 2. The molecule has 3 aromatic heterocycles. The number of hydrogen-bond acceptors (Lipinski definition) is 7. The Morgan fingerprint density at radius 3 is 2.73 bits per heavy atom. The normalized spacial score (nSPS) is 15.6. The van der Waals surface area contributed by atoms with Crippen molar-refractivity contribution in [1.82, 2.24) is 25.0 Å². The van der Waals surface area contributed by atoms with Crippen molar-refractivity contribution in [2.24, 2.45) is 0 Å². The summed E-state index contributed by atoms with van der Waals surface area (Å²) in [6.07, 6.45) is 7.22. The summed E-state index contributed by atoms with van der Waals surface area (Å²) in [5, 5.41) is 26.0. The van der Waals surface area contributed by atoms with Gasteiger partial charge in [-0.15, -0.1) is 5.10 Å². The van der Waals surface area contributed by atoms with E-state index in [1.165, 1.54) is 18.5 Å². The predicted molar refractivity (Wildman–Crippen MR) is 153 cm³/mol. The number of anilines is 2. The summed E-state index contributed by atoms with van der Waals surface area (Å²) in [7, 11) is 0. The molecular formula is C30H26ClFN8. The van der Waals surface area contributed by atoms with Gasteiger partial charge < -0.3 is 10.6 Å². The number of rotatable bonds is 9. The monoisotopic (exact) mass is 553 g/mol. The fourth-order valence-corrected chi connectivity index (χ4v) is 5.02. The molecule has 0 spiro atoms. The maximum Gasteiger partial charge on any atom is 0.218 e. The number of benzene rings is 2. The number of fused-ring (bicyclic) bond motifs is 1. The number of nitrogens with zero attached hydrogens (tertiary/aromatic N) is 6. The topological polar surface area (TPSA) is 104 Å². The van der Waals surface area contributed by atoms with Gasteiger partial charge in [-0.05, 0) is 43.0 Å². The molecule has 0 bridgehead atoms. The highest BCUT2D eigenvalue weighted by Crippen LogP contribution is 2.38. The molecule has 0 amide bonds. The van der Waals surface area contributed by atoms with Gasteiger partial charge in [0.15, 0.2) is 0 Å². The minimum Gasteiger partial charge on any atom is -0.377 e. The molecule has 1 unspecified atom stereocenters. The molecule has 0 aliphatic heterocycles. The largest absolute Gasteiger partial charge is 0.377 e. The summed E-state index contributed by atoms with van der Waals surface area (Å²) in [5.41, 5.74) is 3.09.